The van der Waals surface area contributed by atoms with E-state index in [1.165, 1.54) is 13.5 Å². The molecule has 0 spiro atoms. The van der Waals surface area contributed by atoms with Crippen molar-refractivity contribution < 1.29 is 9.53 Å². The van der Waals surface area contributed by atoms with Crippen LogP contribution in [0.1, 0.15) is 39.5 Å². The van der Waals surface area contributed by atoms with Crippen LogP contribution in [0.4, 0.5) is 0 Å². The van der Waals surface area contributed by atoms with E-state index in [1.807, 2.05) is 6.08 Å². The molecule has 3 nitrogen and oxygen atoms in total. The van der Waals surface area contributed by atoms with Gasteiger partial charge in [0.05, 0.1) is 13.0 Å². The van der Waals surface area contributed by atoms with Gasteiger partial charge in [-0.15, -0.1) is 6.58 Å². The van der Waals surface area contributed by atoms with E-state index < -0.39 is 0 Å². The van der Waals surface area contributed by atoms with Gasteiger partial charge in [0, 0.05) is 12.1 Å². The summed E-state index contributed by atoms with van der Waals surface area (Å²) in [5.41, 5.74) is 0.0564. The molecule has 1 aliphatic rings. The second kappa shape index (κ2) is 6.20. The number of ether oxygens (including phenoxy) is 1. The summed E-state index contributed by atoms with van der Waals surface area (Å²) < 4.78 is 4.86. The highest BCUT2D eigenvalue weighted by Gasteiger charge is 2.36. The fourth-order valence-electron chi connectivity index (χ4n) is 2.71. The number of hydrogen-bond donors (Lipinski definition) is 1. The van der Waals surface area contributed by atoms with Crippen molar-refractivity contribution in [3.63, 3.8) is 0 Å². The maximum Gasteiger partial charge on any atom is 0.308 e. The number of nitrogens with one attached hydrogen (secondary N) is 1. The second-order valence-corrected chi connectivity index (χ2v) is 5.47. The van der Waals surface area contributed by atoms with Gasteiger partial charge in [-0.1, -0.05) is 12.5 Å². The molecule has 2 unspecified atom stereocenters. The normalized spacial score (nSPS) is 25.4. The SMILES string of the molecule is C=CCNC(C)(C)C1CCCC(C(=O)OC)C1. The lowest BCUT2D eigenvalue weighted by atomic mass is 9.72. The van der Waals surface area contributed by atoms with Gasteiger partial charge < -0.3 is 10.1 Å². The number of rotatable bonds is 5. The minimum Gasteiger partial charge on any atom is -0.469 e. The van der Waals surface area contributed by atoms with Crippen molar-refractivity contribution in [3.8, 4) is 0 Å². The van der Waals surface area contributed by atoms with Gasteiger partial charge in [-0.2, -0.15) is 0 Å². The van der Waals surface area contributed by atoms with Gasteiger partial charge in [-0.25, -0.2) is 0 Å². The van der Waals surface area contributed by atoms with E-state index >= 15 is 0 Å². The van der Waals surface area contributed by atoms with Gasteiger partial charge in [-0.05, 0) is 39.0 Å². The molecule has 0 saturated heterocycles. The average Bonchev–Trinajstić information content (AvgIpc) is 2.35. The molecule has 1 rings (SSSR count). The highest BCUT2D eigenvalue weighted by molar-refractivity contribution is 5.72. The highest BCUT2D eigenvalue weighted by atomic mass is 16.5. The smallest absolute Gasteiger partial charge is 0.308 e. The van der Waals surface area contributed by atoms with Gasteiger partial charge in [0.15, 0.2) is 0 Å². The quantitative estimate of drug-likeness (QED) is 0.592. The molecular formula is C14H25NO2. The van der Waals surface area contributed by atoms with Crippen molar-refractivity contribution in [2.45, 2.75) is 45.1 Å². The Morgan fingerprint density at radius 2 is 2.24 bits per heavy atom. The molecule has 1 fully saturated rings. The molecule has 0 heterocycles. The van der Waals surface area contributed by atoms with Crippen molar-refractivity contribution in [2.24, 2.45) is 11.8 Å². The molecule has 0 aromatic heterocycles. The van der Waals surface area contributed by atoms with Crippen LogP contribution < -0.4 is 5.32 Å². The Balaban J connectivity index is 2.58. The van der Waals surface area contributed by atoms with E-state index in [4.69, 9.17) is 4.74 Å². The molecule has 1 aliphatic carbocycles. The lowest BCUT2D eigenvalue weighted by Crippen LogP contribution is -2.48. The van der Waals surface area contributed by atoms with Gasteiger partial charge in [0.25, 0.3) is 0 Å². The van der Waals surface area contributed by atoms with Crippen LogP contribution in [0.25, 0.3) is 0 Å². The van der Waals surface area contributed by atoms with E-state index in [2.05, 4.69) is 25.7 Å². The lowest BCUT2D eigenvalue weighted by Gasteiger charge is -2.39. The Morgan fingerprint density at radius 3 is 2.82 bits per heavy atom. The summed E-state index contributed by atoms with van der Waals surface area (Å²) in [4.78, 5) is 11.6. The molecule has 1 N–H and O–H groups in total. The Labute approximate surface area is 105 Å². The van der Waals surface area contributed by atoms with Gasteiger partial charge in [0.2, 0.25) is 0 Å². The Morgan fingerprint density at radius 1 is 1.53 bits per heavy atom. The predicted molar refractivity (Wildman–Crippen MR) is 69.7 cm³/mol. The lowest BCUT2D eigenvalue weighted by molar-refractivity contribution is -0.147. The average molecular weight is 239 g/mol. The van der Waals surface area contributed by atoms with E-state index in [0.717, 1.165) is 25.8 Å². The zero-order valence-electron chi connectivity index (χ0n) is 11.3. The van der Waals surface area contributed by atoms with Crippen LogP contribution in [0.3, 0.4) is 0 Å². The van der Waals surface area contributed by atoms with Crippen molar-refractivity contribution in [1.82, 2.24) is 5.32 Å². The standard InChI is InChI=1S/C14H25NO2/c1-5-9-15-14(2,3)12-8-6-7-11(10-12)13(16)17-4/h5,11-12,15H,1,6-10H2,2-4H3. The minimum atomic E-state index is -0.0470. The fraction of sp³-hybridized carbons (Fsp3) is 0.786. The largest absolute Gasteiger partial charge is 0.469 e. The van der Waals surface area contributed by atoms with E-state index in [9.17, 15) is 4.79 Å². The van der Waals surface area contributed by atoms with Crippen LogP contribution in [0.2, 0.25) is 0 Å². The monoisotopic (exact) mass is 239 g/mol. The number of carbonyl (C=O) groups is 1. The summed E-state index contributed by atoms with van der Waals surface area (Å²) in [6, 6.07) is 0. The molecular weight excluding hydrogens is 214 g/mol. The molecule has 0 aromatic carbocycles. The molecule has 0 aromatic rings. The molecule has 3 heteroatoms. The first-order chi connectivity index (χ1) is 8.01. The van der Waals surface area contributed by atoms with Crippen molar-refractivity contribution in [3.05, 3.63) is 12.7 Å². The summed E-state index contributed by atoms with van der Waals surface area (Å²) in [5.74, 6) is 0.568. The number of esters is 1. The number of methoxy groups -OCH3 is 1. The van der Waals surface area contributed by atoms with E-state index in [0.29, 0.717) is 5.92 Å². The summed E-state index contributed by atoms with van der Waals surface area (Å²) >= 11 is 0. The molecule has 0 radical (unpaired) electrons. The van der Waals surface area contributed by atoms with Crippen LogP contribution in [0.15, 0.2) is 12.7 Å². The summed E-state index contributed by atoms with van der Waals surface area (Å²) in [7, 11) is 1.48. The topological polar surface area (TPSA) is 38.3 Å². The maximum absolute atomic E-state index is 11.6. The molecule has 1 saturated carbocycles. The predicted octanol–water partition coefficient (Wildman–Crippen LogP) is 2.52. The second-order valence-electron chi connectivity index (χ2n) is 5.47. The van der Waals surface area contributed by atoms with Crippen LogP contribution in [0, 0.1) is 11.8 Å². The third-order valence-electron chi connectivity index (χ3n) is 3.93. The Bertz CT molecular complexity index is 273. The maximum atomic E-state index is 11.6. The van der Waals surface area contributed by atoms with Crippen LogP contribution in [-0.2, 0) is 9.53 Å². The number of carbonyl (C=O) groups excluding carboxylic acids is 1. The first-order valence-corrected chi connectivity index (χ1v) is 6.45. The van der Waals surface area contributed by atoms with Crippen molar-refractivity contribution in [1.29, 1.82) is 0 Å². The Hall–Kier alpha value is -0.830. The van der Waals surface area contributed by atoms with E-state index in [-0.39, 0.29) is 17.4 Å². The number of hydrogen-bond acceptors (Lipinski definition) is 3. The summed E-state index contributed by atoms with van der Waals surface area (Å²) in [6.45, 7) is 8.96. The molecule has 0 bridgehead atoms. The van der Waals surface area contributed by atoms with Gasteiger partial charge in [0.1, 0.15) is 0 Å². The molecule has 17 heavy (non-hydrogen) atoms. The summed E-state index contributed by atoms with van der Waals surface area (Å²) in [6.07, 6.45) is 6.08. The third-order valence-corrected chi connectivity index (χ3v) is 3.93. The molecule has 98 valence electrons. The van der Waals surface area contributed by atoms with Crippen molar-refractivity contribution in [2.75, 3.05) is 13.7 Å². The fourth-order valence-corrected chi connectivity index (χ4v) is 2.71. The zero-order chi connectivity index (χ0) is 12.9. The van der Waals surface area contributed by atoms with Gasteiger partial charge in [-0.3, -0.25) is 4.79 Å². The third kappa shape index (κ3) is 3.84. The molecule has 0 amide bonds. The zero-order valence-corrected chi connectivity index (χ0v) is 11.3. The van der Waals surface area contributed by atoms with Crippen LogP contribution in [0.5, 0.6) is 0 Å². The van der Waals surface area contributed by atoms with E-state index in [1.54, 1.807) is 0 Å². The highest BCUT2D eigenvalue weighted by Crippen LogP contribution is 2.36. The first kappa shape index (κ1) is 14.2. The minimum absolute atomic E-state index is 0.0470. The summed E-state index contributed by atoms with van der Waals surface area (Å²) in [5, 5.41) is 3.49. The molecule has 2 atom stereocenters. The molecule has 0 aliphatic heterocycles. The van der Waals surface area contributed by atoms with Gasteiger partial charge >= 0.3 is 5.97 Å². The van der Waals surface area contributed by atoms with Crippen molar-refractivity contribution >= 4 is 5.97 Å². The first-order valence-electron chi connectivity index (χ1n) is 6.45. The van der Waals surface area contributed by atoms with Crippen LogP contribution >= 0.6 is 0 Å². The Kier molecular flexibility index (Phi) is 5.19. The van der Waals surface area contributed by atoms with Crippen LogP contribution in [-0.4, -0.2) is 25.2 Å².